The van der Waals surface area contributed by atoms with E-state index < -0.39 is 0 Å². The first kappa shape index (κ1) is 18.4. The van der Waals surface area contributed by atoms with Crippen LogP contribution in [0.4, 0.5) is 20.7 Å². The molecule has 2 aliphatic heterocycles. The molecule has 4 heterocycles. The van der Waals surface area contributed by atoms with Gasteiger partial charge in [-0.25, -0.2) is 18.7 Å². The standard InChI is InChI=1S/C21H21FN6O2/c1-21(14-4-2-5-15(22)10-14)7-3-8-27(21)18-6-9-28-19(25-18)17(11-23-28)24-20(30)26-12-16(29)13-26/h2,4-6,9-12,29H,3,7-8,13H2,1H3,(H,24,30). The second-order valence-corrected chi connectivity index (χ2v) is 7.83. The summed E-state index contributed by atoms with van der Waals surface area (Å²) in [5, 5.41) is 16.3. The molecule has 1 atom stereocenters. The SMILES string of the molecule is CC1(c2cccc(F)c2)CCCN1c1ccn2ncc(NC(=O)N3C=C(O)C3)c2n1. The van der Waals surface area contributed by atoms with Crippen LogP contribution in [-0.2, 0) is 5.54 Å². The lowest BCUT2D eigenvalue weighted by molar-refractivity contribution is 0.208. The zero-order valence-electron chi connectivity index (χ0n) is 16.4. The number of fused-ring (bicyclic) bond motifs is 1. The summed E-state index contributed by atoms with van der Waals surface area (Å²) in [7, 11) is 0. The number of carbonyl (C=O) groups is 1. The Morgan fingerprint density at radius 2 is 2.17 bits per heavy atom. The average molecular weight is 408 g/mol. The third-order valence-electron chi connectivity index (χ3n) is 5.86. The Balaban J connectivity index is 1.48. The number of urea groups is 1. The smallest absolute Gasteiger partial charge is 0.326 e. The van der Waals surface area contributed by atoms with E-state index in [1.807, 2.05) is 12.1 Å². The molecule has 0 spiro atoms. The third kappa shape index (κ3) is 2.94. The van der Waals surface area contributed by atoms with E-state index in [9.17, 15) is 14.3 Å². The molecule has 0 radical (unpaired) electrons. The summed E-state index contributed by atoms with van der Waals surface area (Å²) in [5.74, 6) is 0.649. The number of hydrogen-bond acceptors (Lipinski definition) is 5. The molecule has 1 saturated heterocycles. The highest BCUT2D eigenvalue weighted by molar-refractivity contribution is 5.94. The first-order valence-corrected chi connectivity index (χ1v) is 9.79. The van der Waals surface area contributed by atoms with Gasteiger partial charge in [-0.2, -0.15) is 5.10 Å². The van der Waals surface area contributed by atoms with Crippen LogP contribution in [0, 0.1) is 5.82 Å². The summed E-state index contributed by atoms with van der Waals surface area (Å²) in [6.45, 7) is 3.08. The number of carbonyl (C=O) groups excluding carboxylic acids is 1. The number of anilines is 2. The summed E-state index contributed by atoms with van der Waals surface area (Å²) in [6, 6.07) is 8.23. The van der Waals surface area contributed by atoms with Crippen LogP contribution in [0.2, 0.25) is 0 Å². The van der Waals surface area contributed by atoms with Crippen LogP contribution in [0.5, 0.6) is 0 Å². The normalized spacial score (nSPS) is 20.9. The van der Waals surface area contributed by atoms with Gasteiger partial charge < -0.3 is 15.3 Å². The van der Waals surface area contributed by atoms with E-state index in [1.54, 1.807) is 29.0 Å². The molecule has 0 bridgehead atoms. The number of aromatic nitrogens is 3. The van der Waals surface area contributed by atoms with Gasteiger partial charge in [0.05, 0.1) is 18.3 Å². The molecule has 0 saturated carbocycles. The zero-order chi connectivity index (χ0) is 20.9. The van der Waals surface area contributed by atoms with E-state index in [1.165, 1.54) is 17.2 Å². The highest BCUT2D eigenvalue weighted by atomic mass is 19.1. The fraction of sp³-hybridized carbons (Fsp3) is 0.286. The number of nitrogens with zero attached hydrogens (tertiary/aromatic N) is 5. The van der Waals surface area contributed by atoms with Crippen LogP contribution in [0.3, 0.4) is 0 Å². The van der Waals surface area contributed by atoms with E-state index in [0.29, 0.717) is 11.3 Å². The van der Waals surface area contributed by atoms with Crippen molar-refractivity contribution in [2.45, 2.75) is 25.3 Å². The van der Waals surface area contributed by atoms with Crippen molar-refractivity contribution in [3.63, 3.8) is 0 Å². The first-order valence-electron chi connectivity index (χ1n) is 9.79. The van der Waals surface area contributed by atoms with Crippen LogP contribution in [-0.4, -0.2) is 43.7 Å². The van der Waals surface area contributed by atoms with Gasteiger partial charge in [0, 0.05) is 18.9 Å². The van der Waals surface area contributed by atoms with Crippen LogP contribution in [0.15, 0.2) is 54.7 Å². The molecule has 3 aromatic rings. The molecule has 2 N–H and O–H groups in total. The van der Waals surface area contributed by atoms with Crippen molar-refractivity contribution in [1.29, 1.82) is 0 Å². The summed E-state index contributed by atoms with van der Waals surface area (Å²) in [4.78, 5) is 20.6. The van der Waals surface area contributed by atoms with Crippen molar-refractivity contribution >= 4 is 23.2 Å². The molecule has 30 heavy (non-hydrogen) atoms. The van der Waals surface area contributed by atoms with Gasteiger partial charge in [0.15, 0.2) is 5.65 Å². The summed E-state index contributed by atoms with van der Waals surface area (Å²) in [5.41, 5.74) is 1.53. The van der Waals surface area contributed by atoms with Crippen molar-refractivity contribution in [3.8, 4) is 0 Å². The number of halogens is 1. The molecule has 5 rings (SSSR count). The van der Waals surface area contributed by atoms with Crippen LogP contribution in [0.1, 0.15) is 25.3 Å². The number of amides is 2. The minimum absolute atomic E-state index is 0.163. The maximum absolute atomic E-state index is 13.9. The fourth-order valence-corrected chi connectivity index (χ4v) is 4.20. The van der Waals surface area contributed by atoms with Crippen molar-refractivity contribution in [1.82, 2.24) is 19.5 Å². The average Bonchev–Trinajstić information content (AvgIpc) is 3.29. The molecular weight excluding hydrogens is 387 g/mol. The Bertz CT molecular complexity index is 1180. The lowest BCUT2D eigenvalue weighted by Gasteiger charge is -2.36. The van der Waals surface area contributed by atoms with Gasteiger partial charge in [0.1, 0.15) is 23.1 Å². The van der Waals surface area contributed by atoms with Crippen LogP contribution >= 0.6 is 0 Å². The lowest BCUT2D eigenvalue weighted by Crippen LogP contribution is -2.39. The van der Waals surface area contributed by atoms with Gasteiger partial charge in [-0.3, -0.25) is 4.90 Å². The second-order valence-electron chi connectivity index (χ2n) is 7.83. The summed E-state index contributed by atoms with van der Waals surface area (Å²) >= 11 is 0. The molecule has 2 amide bonds. The monoisotopic (exact) mass is 408 g/mol. The predicted molar refractivity (Wildman–Crippen MR) is 110 cm³/mol. The quantitative estimate of drug-likeness (QED) is 0.691. The number of aliphatic hydroxyl groups is 1. The number of hydrogen-bond donors (Lipinski definition) is 2. The van der Waals surface area contributed by atoms with Gasteiger partial charge in [-0.05, 0) is 43.5 Å². The zero-order valence-corrected chi connectivity index (χ0v) is 16.4. The number of rotatable bonds is 3. The Morgan fingerprint density at radius 3 is 2.93 bits per heavy atom. The van der Waals surface area contributed by atoms with Gasteiger partial charge in [-0.15, -0.1) is 0 Å². The molecule has 1 unspecified atom stereocenters. The number of aliphatic hydroxyl groups excluding tert-OH is 1. The van der Waals surface area contributed by atoms with Crippen molar-refractivity contribution < 1.29 is 14.3 Å². The Kier molecular flexibility index (Phi) is 4.12. The molecule has 1 aromatic carbocycles. The van der Waals surface area contributed by atoms with Crippen molar-refractivity contribution in [2.24, 2.45) is 0 Å². The minimum Gasteiger partial charge on any atom is -0.509 e. The van der Waals surface area contributed by atoms with E-state index in [-0.39, 0.29) is 29.7 Å². The van der Waals surface area contributed by atoms with Gasteiger partial charge in [0.25, 0.3) is 0 Å². The van der Waals surface area contributed by atoms with Crippen LogP contribution in [0.25, 0.3) is 5.65 Å². The van der Waals surface area contributed by atoms with Crippen molar-refractivity contribution in [2.75, 3.05) is 23.3 Å². The van der Waals surface area contributed by atoms with E-state index in [0.717, 1.165) is 30.8 Å². The van der Waals surface area contributed by atoms with E-state index in [2.05, 4.69) is 22.2 Å². The number of nitrogens with one attached hydrogen (secondary N) is 1. The maximum atomic E-state index is 13.9. The lowest BCUT2D eigenvalue weighted by atomic mass is 9.89. The van der Waals surface area contributed by atoms with E-state index in [4.69, 9.17) is 4.98 Å². The van der Waals surface area contributed by atoms with Crippen LogP contribution < -0.4 is 10.2 Å². The molecule has 0 aliphatic carbocycles. The summed E-state index contributed by atoms with van der Waals surface area (Å²) < 4.78 is 15.5. The third-order valence-corrected chi connectivity index (χ3v) is 5.86. The molecule has 1 fully saturated rings. The Labute approximate surface area is 172 Å². The number of benzene rings is 1. The Morgan fingerprint density at radius 1 is 1.33 bits per heavy atom. The van der Waals surface area contributed by atoms with Gasteiger partial charge in [0.2, 0.25) is 0 Å². The summed E-state index contributed by atoms with van der Waals surface area (Å²) in [6.07, 6.45) is 6.56. The first-order chi connectivity index (χ1) is 14.4. The topological polar surface area (TPSA) is 86.0 Å². The molecule has 154 valence electrons. The largest absolute Gasteiger partial charge is 0.509 e. The maximum Gasteiger partial charge on any atom is 0.326 e. The fourth-order valence-electron chi connectivity index (χ4n) is 4.20. The van der Waals surface area contributed by atoms with Gasteiger partial charge >= 0.3 is 6.03 Å². The highest BCUT2D eigenvalue weighted by Crippen LogP contribution is 2.41. The predicted octanol–water partition coefficient (Wildman–Crippen LogP) is 3.63. The minimum atomic E-state index is -0.378. The molecule has 2 aliphatic rings. The molecule has 8 nitrogen and oxygen atoms in total. The highest BCUT2D eigenvalue weighted by Gasteiger charge is 2.39. The molecular formula is C21H21FN6O2. The van der Waals surface area contributed by atoms with Gasteiger partial charge in [-0.1, -0.05) is 12.1 Å². The second kappa shape index (κ2) is 6.72. The van der Waals surface area contributed by atoms with E-state index >= 15 is 0 Å². The molecule has 2 aromatic heterocycles. The molecule has 9 heteroatoms. The van der Waals surface area contributed by atoms with Crippen molar-refractivity contribution in [3.05, 3.63) is 66.1 Å². The Hall–Kier alpha value is -3.62.